The summed E-state index contributed by atoms with van der Waals surface area (Å²) in [7, 11) is 1.65. The Morgan fingerprint density at radius 1 is 1.26 bits per heavy atom. The largest absolute Gasteiger partial charge is 0.330 e. The van der Waals surface area contributed by atoms with Gasteiger partial charge in [0.1, 0.15) is 6.04 Å². The number of aromatic nitrogens is 1. The first kappa shape index (κ1) is 15.5. The molecule has 118 valence electrons. The van der Waals surface area contributed by atoms with Crippen LogP contribution in [0.1, 0.15) is 16.8 Å². The van der Waals surface area contributed by atoms with Gasteiger partial charge in [-0.25, -0.2) is 0 Å². The SMILES string of the molecule is CN(C(=O)c1ccncc1)[C@H]1CCN(c2ccccc2Cl)C1=O. The van der Waals surface area contributed by atoms with Crippen LogP contribution < -0.4 is 4.90 Å². The summed E-state index contributed by atoms with van der Waals surface area (Å²) in [5.41, 5.74) is 1.21. The number of hydrogen-bond acceptors (Lipinski definition) is 3. The fraction of sp³-hybridized carbons (Fsp3) is 0.235. The van der Waals surface area contributed by atoms with E-state index < -0.39 is 6.04 Å². The third-order valence-electron chi connectivity index (χ3n) is 4.04. The molecule has 0 unspecified atom stereocenters. The maximum Gasteiger partial charge on any atom is 0.254 e. The van der Waals surface area contributed by atoms with Gasteiger partial charge in [0.25, 0.3) is 5.91 Å². The lowest BCUT2D eigenvalue weighted by Gasteiger charge is -2.24. The number of nitrogens with zero attached hydrogens (tertiary/aromatic N) is 3. The van der Waals surface area contributed by atoms with Crippen LogP contribution in [0.2, 0.25) is 5.02 Å². The average molecular weight is 330 g/mol. The Bertz CT molecular complexity index is 736. The quantitative estimate of drug-likeness (QED) is 0.869. The predicted molar refractivity (Wildman–Crippen MR) is 88.5 cm³/mol. The standard InChI is InChI=1S/C17H16ClN3O2/c1-20(16(22)12-6-9-19-10-7-12)15-8-11-21(17(15)23)14-5-3-2-4-13(14)18/h2-7,9-10,15H,8,11H2,1H3/t15-/m0/s1. The lowest BCUT2D eigenvalue weighted by Crippen LogP contribution is -2.43. The Hall–Kier alpha value is -2.40. The molecule has 2 amide bonds. The zero-order valence-electron chi connectivity index (χ0n) is 12.6. The fourth-order valence-electron chi connectivity index (χ4n) is 2.77. The maximum atomic E-state index is 12.7. The second-order valence-electron chi connectivity index (χ2n) is 5.40. The molecule has 1 aromatic carbocycles. The monoisotopic (exact) mass is 329 g/mol. The Balaban J connectivity index is 1.79. The summed E-state index contributed by atoms with van der Waals surface area (Å²) in [6.07, 6.45) is 3.71. The van der Waals surface area contributed by atoms with Crippen molar-refractivity contribution in [3.8, 4) is 0 Å². The smallest absolute Gasteiger partial charge is 0.254 e. The van der Waals surface area contributed by atoms with E-state index >= 15 is 0 Å². The molecule has 1 aliphatic rings. The van der Waals surface area contributed by atoms with E-state index in [0.29, 0.717) is 29.2 Å². The van der Waals surface area contributed by atoms with Crippen molar-refractivity contribution in [2.45, 2.75) is 12.5 Å². The van der Waals surface area contributed by atoms with Gasteiger partial charge >= 0.3 is 0 Å². The van der Waals surface area contributed by atoms with Crippen molar-refractivity contribution in [2.75, 3.05) is 18.5 Å². The molecule has 0 spiro atoms. The van der Waals surface area contributed by atoms with E-state index in [-0.39, 0.29) is 11.8 Å². The maximum absolute atomic E-state index is 12.7. The first-order valence-corrected chi connectivity index (χ1v) is 7.70. The molecule has 1 fully saturated rings. The van der Waals surface area contributed by atoms with E-state index in [0.717, 1.165) is 0 Å². The van der Waals surface area contributed by atoms with Crippen molar-refractivity contribution in [3.05, 3.63) is 59.4 Å². The van der Waals surface area contributed by atoms with Crippen molar-refractivity contribution < 1.29 is 9.59 Å². The van der Waals surface area contributed by atoms with Crippen LogP contribution in [0.5, 0.6) is 0 Å². The van der Waals surface area contributed by atoms with E-state index in [1.165, 1.54) is 4.90 Å². The second-order valence-corrected chi connectivity index (χ2v) is 5.80. The van der Waals surface area contributed by atoms with Crippen LogP contribution in [0.4, 0.5) is 5.69 Å². The molecule has 5 nitrogen and oxygen atoms in total. The van der Waals surface area contributed by atoms with Crippen LogP contribution in [0.25, 0.3) is 0 Å². The molecule has 0 radical (unpaired) electrons. The Labute approximate surface area is 139 Å². The molecule has 1 aromatic heterocycles. The molecule has 1 atom stereocenters. The lowest BCUT2D eigenvalue weighted by molar-refractivity contribution is -0.120. The molecule has 1 aliphatic heterocycles. The minimum Gasteiger partial charge on any atom is -0.330 e. The highest BCUT2D eigenvalue weighted by molar-refractivity contribution is 6.34. The molecule has 0 bridgehead atoms. The van der Waals surface area contributed by atoms with Crippen molar-refractivity contribution in [1.82, 2.24) is 9.88 Å². The third kappa shape index (κ3) is 2.92. The number of carbonyl (C=O) groups is 2. The molecule has 3 rings (SSSR count). The molecule has 0 N–H and O–H groups in total. The Morgan fingerprint density at radius 3 is 2.65 bits per heavy atom. The zero-order valence-corrected chi connectivity index (χ0v) is 13.4. The van der Waals surface area contributed by atoms with Gasteiger partial charge in [0.2, 0.25) is 5.91 Å². The Kier molecular flexibility index (Phi) is 4.30. The van der Waals surface area contributed by atoms with Gasteiger partial charge in [-0.05, 0) is 30.7 Å². The molecule has 1 saturated heterocycles. The fourth-order valence-corrected chi connectivity index (χ4v) is 3.01. The number of carbonyl (C=O) groups excluding carboxylic acids is 2. The van der Waals surface area contributed by atoms with E-state index in [2.05, 4.69) is 4.98 Å². The minimum atomic E-state index is -0.480. The van der Waals surface area contributed by atoms with Crippen LogP contribution in [0.15, 0.2) is 48.8 Å². The topological polar surface area (TPSA) is 53.5 Å². The van der Waals surface area contributed by atoms with E-state index in [1.54, 1.807) is 42.5 Å². The molecular weight excluding hydrogens is 314 g/mol. The highest BCUT2D eigenvalue weighted by atomic mass is 35.5. The van der Waals surface area contributed by atoms with E-state index in [1.807, 2.05) is 18.2 Å². The number of halogens is 1. The second kappa shape index (κ2) is 6.38. The zero-order chi connectivity index (χ0) is 16.4. The number of para-hydroxylation sites is 1. The van der Waals surface area contributed by atoms with Crippen LogP contribution in [0, 0.1) is 0 Å². The Morgan fingerprint density at radius 2 is 1.96 bits per heavy atom. The molecule has 23 heavy (non-hydrogen) atoms. The van der Waals surface area contributed by atoms with Gasteiger partial charge in [0.05, 0.1) is 10.7 Å². The molecule has 0 saturated carbocycles. The summed E-state index contributed by atoms with van der Waals surface area (Å²) >= 11 is 6.17. The molecule has 2 heterocycles. The summed E-state index contributed by atoms with van der Waals surface area (Å²) in [6, 6.07) is 10.0. The molecular formula is C17H16ClN3O2. The van der Waals surface area contributed by atoms with E-state index in [4.69, 9.17) is 11.6 Å². The molecule has 0 aliphatic carbocycles. The van der Waals surface area contributed by atoms with Crippen LogP contribution in [0.3, 0.4) is 0 Å². The number of hydrogen-bond donors (Lipinski definition) is 0. The van der Waals surface area contributed by atoms with Gasteiger partial charge < -0.3 is 9.80 Å². The first-order chi connectivity index (χ1) is 11.1. The first-order valence-electron chi connectivity index (χ1n) is 7.32. The highest BCUT2D eigenvalue weighted by Crippen LogP contribution is 2.30. The highest BCUT2D eigenvalue weighted by Gasteiger charge is 2.37. The van der Waals surface area contributed by atoms with Gasteiger partial charge in [-0.2, -0.15) is 0 Å². The van der Waals surface area contributed by atoms with Gasteiger partial charge in [0, 0.05) is 31.5 Å². The van der Waals surface area contributed by atoms with Crippen LogP contribution >= 0.6 is 11.6 Å². The average Bonchev–Trinajstić information content (AvgIpc) is 2.96. The minimum absolute atomic E-state index is 0.108. The molecule has 6 heteroatoms. The number of anilines is 1. The number of amides is 2. The molecule has 2 aromatic rings. The van der Waals surface area contributed by atoms with Crippen LogP contribution in [-0.4, -0.2) is 41.3 Å². The summed E-state index contributed by atoms with van der Waals surface area (Å²) in [5, 5.41) is 0.532. The van der Waals surface area contributed by atoms with Crippen molar-refractivity contribution in [1.29, 1.82) is 0 Å². The van der Waals surface area contributed by atoms with Gasteiger partial charge in [0.15, 0.2) is 0 Å². The van der Waals surface area contributed by atoms with Crippen molar-refractivity contribution in [3.63, 3.8) is 0 Å². The predicted octanol–water partition coefficient (Wildman–Crippen LogP) is 2.61. The van der Waals surface area contributed by atoms with Crippen LogP contribution in [-0.2, 0) is 4.79 Å². The van der Waals surface area contributed by atoms with E-state index in [9.17, 15) is 9.59 Å². The number of rotatable bonds is 3. The van der Waals surface area contributed by atoms with Gasteiger partial charge in [-0.15, -0.1) is 0 Å². The van der Waals surface area contributed by atoms with Crippen molar-refractivity contribution >= 4 is 29.1 Å². The van der Waals surface area contributed by atoms with Crippen molar-refractivity contribution in [2.24, 2.45) is 0 Å². The number of pyridine rings is 1. The number of benzene rings is 1. The van der Waals surface area contributed by atoms with Gasteiger partial charge in [-0.3, -0.25) is 14.6 Å². The summed E-state index contributed by atoms with van der Waals surface area (Å²) in [6.45, 7) is 0.543. The third-order valence-corrected chi connectivity index (χ3v) is 4.36. The number of likely N-dealkylation sites (N-methyl/N-ethyl adjacent to an activating group) is 1. The van der Waals surface area contributed by atoms with Gasteiger partial charge in [-0.1, -0.05) is 23.7 Å². The summed E-state index contributed by atoms with van der Waals surface area (Å²) in [5.74, 6) is -0.297. The normalized spacial score (nSPS) is 17.4. The summed E-state index contributed by atoms with van der Waals surface area (Å²) in [4.78, 5) is 32.2. The lowest BCUT2D eigenvalue weighted by atomic mass is 10.1. The summed E-state index contributed by atoms with van der Waals surface area (Å²) < 4.78 is 0.